The van der Waals surface area contributed by atoms with Crippen LogP contribution in [0.3, 0.4) is 0 Å². The highest BCUT2D eigenvalue weighted by molar-refractivity contribution is 5.86. The van der Waals surface area contributed by atoms with Crippen LogP contribution in [0.15, 0.2) is 30.3 Å². The molecule has 5 nitrogen and oxygen atoms in total. The van der Waals surface area contributed by atoms with Crippen molar-refractivity contribution >= 4 is 0 Å². The molecule has 0 bridgehead atoms. The first-order chi connectivity index (χ1) is 11.1. The highest BCUT2D eigenvalue weighted by Crippen LogP contribution is 2.49. The standard InChI is InChI=1S/C18H22O5/c1-11(19)12-9-10-15(22-4)17(18(12)23-5)16-13(20-2)7-6-8-14(16)21-3/h6-11,19H,1-5H3/t11-/m0/s1. The van der Waals surface area contributed by atoms with E-state index < -0.39 is 6.10 Å². The van der Waals surface area contributed by atoms with Crippen LogP contribution in [0.4, 0.5) is 0 Å². The first-order valence-corrected chi connectivity index (χ1v) is 7.23. The van der Waals surface area contributed by atoms with Gasteiger partial charge in [0.2, 0.25) is 0 Å². The van der Waals surface area contributed by atoms with Gasteiger partial charge in [0.05, 0.1) is 45.7 Å². The lowest BCUT2D eigenvalue weighted by atomic mass is 9.96. The molecule has 0 saturated carbocycles. The largest absolute Gasteiger partial charge is 0.496 e. The number of methoxy groups -OCH3 is 4. The van der Waals surface area contributed by atoms with Crippen molar-refractivity contribution in [3.8, 4) is 34.1 Å². The average molecular weight is 318 g/mol. The molecule has 0 amide bonds. The van der Waals surface area contributed by atoms with Crippen molar-refractivity contribution in [1.29, 1.82) is 0 Å². The zero-order valence-corrected chi connectivity index (χ0v) is 14.0. The molecule has 1 atom stereocenters. The van der Waals surface area contributed by atoms with Crippen LogP contribution in [0.1, 0.15) is 18.6 Å². The average Bonchev–Trinajstić information content (AvgIpc) is 2.59. The van der Waals surface area contributed by atoms with Crippen molar-refractivity contribution in [2.24, 2.45) is 0 Å². The van der Waals surface area contributed by atoms with Crippen molar-refractivity contribution in [3.63, 3.8) is 0 Å². The summed E-state index contributed by atoms with van der Waals surface area (Å²) in [5.74, 6) is 2.39. The van der Waals surface area contributed by atoms with E-state index in [1.54, 1.807) is 47.5 Å². The van der Waals surface area contributed by atoms with Gasteiger partial charge in [-0.15, -0.1) is 0 Å². The smallest absolute Gasteiger partial charge is 0.136 e. The molecular weight excluding hydrogens is 296 g/mol. The number of hydrogen-bond donors (Lipinski definition) is 1. The first-order valence-electron chi connectivity index (χ1n) is 7.23. The van der Waals surface area contributed by atoms with Gasteiger partial charge in [0.1, 0.15) is 23.0 Å². The van der Waals surface area contributed by atoms with Gasteiger partial charge in [-0.1, -0.05) is 6.07 Å². The van der Waals surface area contributed by atoms with E-state index in [4.69, 9.17) is 18.9 Å². The quantitative estimate of drug-likeness (QED) is 0.884. The van der Waals surface area contributed by atoms with Gasteiger partial charge in [-0.2, -0.15) is 0 Å². The fourth-order valence-corrected chi connectivity index (χ4v) is 2.63. The SMILES string of the molecule is COc1cccc(OC)c1-c1c(OC)ccc([C@H](C)O)c1OC. The fourth-order valence-electron chi connectivity index (χ4n) is 2.63. The molecule has 0 aliphatic rings. The van der Waals surface area contributed by atoms with Gasteiger partial charge in [0, 0.05) is 5.56 Å². The lowest BCUT2D eigenvalue weighted by molar-refractivity contribution is 0.194. The van der Waals surface area contributed by atoms with Crippen molar-refractivity contribution < 1.29 is 24.1 Å². The Labute approximate surface area is 136 Å². The maximum atomic E-state index is 10.0. The van der Waals surface area contributed by atoms with E-state index in [-0.39, 0.29) is 0 Å². The maximum Gasteiger partial charge on any atom is 0.136 e. The van der Waals surface area contributed by atoms with Crippen LogP contribution in [-0.2, 0) is 0 Å². The van der Waals surface area contributed by atoms with Gasteiger partial charge in [0.15, 0.2) is 0 Å². The molecule has 0 aromatic heterocycles. The minimum Gasteiger partial charge on any atom is -0.496 e. The number of aliphatic hydroxyl groups is 1. The van der Waals surface area contributed by atoms with Crippen LogP contribution in [0.5, 0.6) is 23.0 Å². The summed E-state index contributed by atoms with van der Waals surface area (Å²) >= 11 is 0. The molecule has 124 valence electrons. The molecule has 0 radical (unpaired) electrons. The van der Waals surface area contributed by atoms with Crippen LogP contribution in [0.25, 0.3) is 11.1 Å². The normalized spacial score (nSPS) is 11.7. The Morgan fingerprint density at radius 1 is 0.739 bits per heavy atom. The predicted molar refractivity (Wildman–Crippen MR) is 88.7 cm³/mol. The molecule has 0 heterocycles. The molecule has 2 aromatic carbocycles. The highest BCUT2D eigenvalue weighted by Gasteiger charge is 2.24. The summed E-state index contributed by atoms with van der Waals surface area (Å²) in [6.45, 7) is 1.69. The van der Waals surface area contributed by atoms with Crippen LogP contribution in [-0.4, -0.2) is 33.5 Å². The van der Waals surface area contributed by atoms with Gasteiger partial charge in [-0.25, -0.2) is 0 Å². The van der Waals surface area contributed by atoms with Crippen LogP contribution in [0, 0.1) is 0 Å². The van der Waals surface area contributed by atoms with E-state index in [1.807, 2.05) is 18.2 Å². The zero-order valence-electron chi connectivity index (χ0n) is 14.0. The lowest BCUT2D eigenvalue weighted by Crippen LogP contribution is -2.02. The summed E-state index contributed by atoms with van der Waals surface area (Å²) < 4.78 is 22.1. The number of aliphatic hydroxyl groups excluding tert-OH is 1. The molecule has 0 fully saturated rings. The molecule has 5 heteroatoms. The van der Waals surface area contributed by atoms with Gasteiger partial charge in [0.25, 0.3) is 0 Å². The number of benzene rings is 2. The summed E-state index contributed by atoms with van der Waals surface area (Å²) in [4.78, 5) is 0. The Hall–Kier alpha value is -2.40. The lowest BCUT2D eigenvalue weighted by Gasteiger charge is -2.21. The second-order valence-electron chi connectivity index (χ2n) is 4.98. The van der Waals surface area contributed by atoms with Crippen molar-refractivity contribution in [1.82, 2.24) is 0 Å². The second-order valence-corrected chi connectivity index (χ2v) is 4.98. The van der Waals surface area contributed by atoms with Crippen molar-refractivity contribution in [2.45, 2.75) is 13.0 Å². The third-order valence-electron chi connectivity index (χ3n) is 3.70. The zero-order chi connectivity index (χ0) is 17.0. The first kappa shape index (κ1) is 17.0. The molecule has 1 N–H and O–H groups in total. The van der Waals surface area contributed by atoms with E-state index in [0.717, 1.165) is 0 Å². The molecule has 0 spiro atoms. The Bertz CT molecular complexity index is 657. The van der Waals surface area contributed by atoms with E-state index in [9.17, 15) is 5.11 Å². The summed E-state index contributed by atoms with van der Waals surface area (Å²) in [5.41, 5.74) is 2.06. The molecule has 2 aromatic rings. The molecule has 0 saturated heterocycles. The number of ether oxygens (including phenoxy) is 4. The summed E-state index contributed by atoms with van der Waals surface area (Å²) in [5, 5.41) is 10.0. The predicted octanol–water partition coefficient (Wildman–Crippen LogP) is 3.44. The van der Waals surface area contributed by atoms with E-state index >= 15 is 0 Å². The second kappa shape index (κ2) is 7.24. The minimum atomic E-state index is -0.685. The van der Waals surface area contributed by atoms with Crippen molar-refractivity contribution in [2.75, 3.05) is 28.4 Å². The van der Waals surface area contributed by atoms with E-state index in [0.29, 0.717) is 39.7 Å². The van der Waals surface area contributed by atoms with Crippen LogP contribution in [0.2, 0.25) is 0 Å². The molecule has 23 heavy (non-hydrogen) atoms. The van der Waals surface area contributed by atoms with Gasteiger partial charge >= 0.3 is 0 Å². The molecular formula is C18H22O5. The summed E-state index contributed by atoms with van der Waals surface area (Å²) in [6.07, 6.45) is -0.685. The summed E-state index contributed by atoms with van der Waals surface area (Å²) in [6, 6.07) is 9.11. The van der Waals surface area contributed by atoms with Gasteiger partial charge < -0.3 is 24.1 Å². The van der Waals surface area contributed by atoms with Gasteiger partial charge in [-0.05, 0) is 31.2 Å². The van der Waals surface area contributed by atoms with E-state index in [1.165, 1.54) is 0 Å². The molecule has 0 unspecified atom stereocenters. The summed E-state index contributed by atoms with van der Waals surface area (Å²) in [7, 11) is 6.33. The molecule has 0 aliphatic heterocycles. The Morgan fingerprint density at radius 2 is 1.26 bits per heavy atom. The third-order valence-corrected chi connectivity index (χ3v) is 3.70. The van der Waals surface area contributed by atoms with E-state index in [2.05, 4.69) is 0 Å². The fraction of sp³-hybridized carbons (Fsp3) is 0.333. The van der Waals surface area contributed by atoms with Crippen molar-refractivity contribution in [3.05, 3.63) is 35.9 Å². The highest BCUT2D eigenvalue weighted by atomic mass is 16.5. The molecule has 0 aliphatic carbocycles. The Morgan fingerprint density at radius 3 is 1.70 bits per heavy atom. The maximum absolute atomic E-state index is 10.0. The van der Waals surface area contributed by atoms with Crippen LogP contribution >= 0.6 is 0 Å². The number of hydrogen-bond acceptors (Lipinski definition) is 5. The Balaban J connectivity index is 2.89. The minimum absolute atomic E-state index is 0.530. The third kappa shape index (κ3) is 3.05. The number of rotatable bonds is 6. The molecule has 2 rings (SSSR count). The topological polar surface area (TPSA) is 57.2 Å². The van der Waals surface area contributed by atoms with Crippen LogP contribution < -0.4 is 18.9 Å². The van der Waals surface area contributed by atoms with Gasteiger partial charge in [-0.3, -0.25) is 0 Å². The Kier molecular flexibility index (Phi) is 5.34. The monoisotopic (exact) mass is 318 g/mol.